The van der Waals surface area contributed by atoms with E-state index >= 15 is 0 Å². The standard InChI is InChI=1S/C12H22N2O/c1-9(2)10(3)11(15)14-7-12(8-14)4-5-13-6-12/h9-10,13H,4-8H2,1-3H3. The first-order valence-corrected chi connectivity index (χ1v) is 6.04. The lowest BCUT2D eigenvalue weighted by atomic mass is 9.78. The molecule has 0 aliphatic carbocycles. The second-order valence-corrected chi connectivity index (χ2v) is 5.65. The number of carbonyl (C=O) groups is 1. The molecule has 1 unspecified atom stereocenters. The van der Waals surface area contributed by atoms with Gasteiger partial charge in [-0.1, -0.05) is 20.8 Å². The highest BCUT2D eigenvalue weighted by molar-refractivity contribution is 5.79. The Hall–Kier alpha value is -0.570. The number of hydrogen-bond donors (Lipinski definition) is 1. The van der Waals surface area contributed by atoms with Crippen LogP contribution in [-0.4, -0.2) is 37.0 Å². The first-order valence-electron chi connectivity index (χ1n) is 6.04. The maximum atomic E-state index is 12.0. The number of hydrogen-bond acceptors (Lipinski definition) is 2. The summed E-state index contributed by atoms with van der Waals surface area (Å²) >= 11 is 0. The molecule has 3 nitrogen and oxygen atoms in total. The van der Waals surface area contributed by atoms with Gasteiger partial charge in [-0.2, -0.15) is 0 Å². The van der Waals surface area contributed by atoms with E-state index in [0.717, 1.165) is 26.2 Å². The van der Waals surface area contributed by atoms with Gasteiger partial charge in [-0.25, -0.2) is 0 Å². The Kier molecular flexibility index (Phi) is 2.75. The summed E-state index contributed by atoms with van der Waals surface area (Å²) in [4.78, 5) is 14.1. The minimum Gasteiger partial charge on any atom is -0.341 e. The second-order valence-electron chi connectivity index (χ2n) is 5.65. The van der Waals surface area contributed by atoms with E-state index in [0.29, 0.717) is 17.2 Å². The summed E-state index contributed by atoms with van der Waals surface area (Å²) in [7, 11) is 0. The summed E-state index contributed by atoms with van der Waals surface area (Å²) in [6, 6.07) is 0. The van der Waals surface area contributed by atoms with Crippen LogP contribution >= 0.6 is 0 Å². The monoisotopic (exact) mass is 210 g/mol. The van der Waals surface area contributed by atoms with Crippen molar-refractivity contribution in [1.82, 2.24) is 10.2 Å². The van der Waals surface area contributed by atoms with Gasteiger partial charge in [0, 0.05) is 31.0 Å². The molecule has 0 aromatic rings. The average Bonchev–Trinajstić information content (AvgIpc) is 2.61. The molecule has 1 N–H and O–H groups in total. The third-order valence-corrected chi connectivity index (χ3v) is 4.09. The van der Waals surface area contributed by atoms with E-state index < -0.39 is 0 Å². The SMILES string of the molecule is CC(C)C(C)C(=O)N1CC2(CCNC2)C1. The van der Waals surface area contributed by atoms with Crippen LogP contribution in [0.3, 0.4) is 0 Å². The van der Waals surface area contributed by atoms with Gasteiger partial charge in [0.1, 0.15) is 0 Å². The fourth-order valence-corrected chi connectivity index (χ4v) is 2.56. The van der Waals surface area contributed by atoms with Crippen molar-refractivity contribution in [3.8, 4) is 0 Å². The van der Waals surface area contributed by atoms with Crippen molar-refractivity contribution in [3.63, 3.8) is 0 Å². The first kappa shape index (κ1) is 10.9. The molecule has 1 amide bonds. The zero-order valence-corrected chi connectivity index (χ0v) is 10.0. The molecule has 15 heavy (non-hydrogen) atoms. The molecule has 2 fully saturated rings. The molecule has 2 rings (SSSR count). The fourth-order valence-electron chi connectivity index (χ4n) is 2.56. The van der Waals surface area contributed by atoms with Gasteiger partial charge in [0.15, 0.2) is 0 Å². The zero-order valence-electron chi connectivity index (χ0n) is 10.0. The largest absolute Gasteiger partial charge is 0.341 e. The van der Waals surface area contributed by atoms with E-state index in [9.17, 15) is 4.79 Å². The van der Waals surface area contributed by atoms with E-state index in [1.807, 2.05) is 11.8 Å². The molecule has 0 bridgehead atoms. The van der Waals surface area contributed by atoms with Crippen molar-refractivity contribution in [3.05, 3.63) is 0 Å². The van der Waals surface area contributed by atoms with Crippen LogP contribution in [0.2, 0.25) is 0 Å². The topological polar surface area (TPSA) is 32.3 Å². The fraction of sp³-hybridized carbons (Fsp3) is 0.917. The summed E-state index contributed by atoms with van der Waals surface area (Å²) in [6.07, 6.45) is 1.24. The Bertz CT molecular complexity index is 248. The highest BCUT2D eigenvalue weighted by Crippen LogP contribution is 2.37. The molecule has 2 aliphatic heterocycles. The number of carbonyl (C=O) groups excluding carboxylic acids is 1. The highest BCUT2D eigenvalue weighted by atomic mass is 16.2. The van der Waals surface area contributed by atoms with Crippen molar-refractivity contribution < 1.29 is 4.79 Å². The van der Waals surface area contributed by atoms with Gasteiger partial charge in [0.2, 0.25) is 5.91 Å². The summed E-state index contributed by atoms with van der Waals surface area (Å²) in [5.41, 5.74) is 0.437. The third kappa shape index (κ3) is 1.89. The molecule has 0 aromatic carbocycles. The van der Waals surface area contributed by atoms with Gasteiger partial charge in [0.05, 0.1) is 0 Å². The van der Waals surface area contributed by atoms with Gasteiger partial charge in [0.25, 0.3) is 0 Å². The molecule has 2 heterocycles. The summed E-state index contributed by atoms with van der Waals surface area (Å²) in [6.45, 7) is 10.5. The minimum absolute atomic E-state index is 0.178. The van der Waals surface area contributed by atoms with Gasteiger partial charge < -0.3 is 10.2 Å². The first-order chi connectivity index (χ1) is 7.04. The van der Waals surface area contributed by atoms with Crippen LogP contribution in [0.4, 0.5) is 0 Å². The predicted molar refractivity (Wildman–Crippen MR) is 60.5 cm³/mol. The van der Waals surface area contributed by atoms with E-state index in [2.05, 4.69) is 19.2 Å². The number of nitrogens with one attached hydrogen (secondary N) is 1. The lowest BCUT2D eigenvalue weighted by molar-refractivity contribution is -0.147. The summed E-state index contributed by atoms with van der Waals surface area (Å²) in [5, 5.41) is 3.39. The molecule has 2 aliphatic rings. The highest BCUT2D eigenvalue weighted by Gasteiger charge is 2.47. The molecule has 0 aromatic heterocycles. The lowest BCUT2D eigenvalue weighted by Gasteiger charge is -2.49. The van der Waals surface area contributed by atoms with E-state index in [1.165, 1.54) is 6.42 Å². The Morgan fingerprint density at radius 1 is 1.33 bits per heavy atom. The average molecular weight is 210 g/mol. The quantitative estimate of drug-likeness (QED) is 0.740. The smallest absolute Gasteiger partial charge is 0.225 e. The molecular weight excluding hydrogens is 188 g/mol. The molecule has 0 radical (unpaired) electrons. The number of nitrogens with zero attached hydrogens (tertiary/aromatic N) is 1. The minimum atomic E-state index is 0.178. The Labute approximate surface area is 92.2 Å². The maximum absolute atomic E-state index is 12.0. The van der Waals surface area contributed by atoms with Crippen molar-refractivity contribution in [2.24, 2.45) is 17.3 Å². The van der Waals surface area contributed by atoms with Crippen LogP contribution in [0, 0.1) is 17.3 Å². The Balaban J connectivity index is 1.86. The van der Waals surface area contributed by atoms with Gasteiger partial charge >= 0.3 is 0 Å². The molecule has 1 atom stereocenters. The van der Waals surface area contributed by atoms with Crippen molar-refractivity contribution in [1.29, 1.82) is 0 Å². The van der Waals surface area contributed by atoms with Gasteiger partial charge in [-0.15, -0.1) is 0 Å². The third-order valence-electron chi connectivity index (χ3n) is 4.09. The molecule has 1 spiro atoms. The van der Waals surface area contributed by atoms with Crippen molar-refractivity contribution >= 4 is 5.91 Å². The molecular formula is C12H22N2O. The van der Waals surface area contributed by atoms with Gasteiger partial charge in [-0.3, -0.25) is 4.79 Å². The van der Waals surface area contributed by atoms with Crippen LogP contribution < -0.4 is 5.32 Å². The molecule has 86 valence electrons. The van der Waals surface area contributed by atoms with Crippen LogP contribution in [0.15, 0.2) is 0 Å². The number of likely N-dealkylation sites (tertiary alicyclic amines) is 1. The number of rotatable bonds is 2. The summed E-state index contributed by atoms with van der Waals surface area (Å²) < 4.78 is 0. The van der Waals surface area contributed by atoms with E-state index in [-0.39, 0.29) is 5.92 Å². The second kappa shape index (κ2) is 3.78. The molecule has 0 saturated carbocycles. The van der Waals surface area contributed by atoms with Crippen molar-refractivity contribution in [2.45, 2.75) is 27.2 Å². The van der Waals surface area contributed by atoms with Crippen LogP contribution in [0.1, 0.15) is 27.2 Å². The zero-order chi connectivity index (χ0) is 11.1. The Morgan fingerprint density at radius 2 is 2.00 bits per heavy atom. The van der Waals surface area contributed by atoms with Crippen molar-refractivity contribution in [2.75, 3.05) is 26.2 Å². The molecule has 3 heteroatoms. The Morgan fingerprint density at radius 3 is 2.47 bits per heavy atom. The summed E-state index contributed by atoms with van der Waals surface area (Å²) in [5.74, 6) is 0.981. The number of amides is 1. The maximum Gasteiger partial charge on any atom is 0.225 e. The lowest BCUT2D eigenvalue weighted by Crippen LogP contribution is -2.60. The van der Waals surface area contributed by atoms with Crippen LogP contribution in [-0.2, 0) is 4.79 Å². The van der Waals surface area contributed by atoms with Crippen LogP contribution in [0.25, 0.3) is 0 Å². The van der Waals surface area contributed by atoms with E-state index in [4.69, 9.17) is 0 Å². The molecule has 2 saturated heterocycles. The van der Waals surface area contributed by atoms with E-state index in [1.54, 1.807) is 0 Å². The predicted octanol–water partition coefficient (Wildman–Crippen LogP) is 1.10. The van der Waals surface area contributed by atoms with Gasteiger partial charge in [-0.05, 0) is 18.9 Å². The van der Waals surface area contributed by atoms with Crippen LogP contribution in [0.5, 0.6) is 0 Å². The normalized spacial score (nSPS) is 25.7.